The second-order valence-electron chi connectivity index (χ2n) is 11.0. The van der Waals surface area contributed by atoms with Crippen LogP contribution in [-0.4, -0.2) is 54.1 Å². The van der Waals surface area contributed by atoms with Crippen molar-refractivity contribution in [1.82, 2.24) is 34.4 Å². The lowest BCUT2D eigenvalue weighted by Gasteiger charge is -2.24. The predicted octanol–water partition coefficient (Wildman–Crippen LogP) is 4.17. The van der Waals surface area contributed by atoms with Gasteiger partial charge in [0, 0.05) is 37.0 Å². The van der Waals surface area contributed by atoms with Gasteiger partial charge < -0.3 is 5.32 Å². The summed E-state index contributed by atoms with van der Waals surface area (Å²) >= 11 is 1.62. The van der Waals surface area contributed by atoms with Crippen molar-refractivity contribution in [2.75, 3.05) is 13.1 Å². The van der Waals surface area contributed by atoms with Gasteiger partial charge in [-0.2, -0.15) is 15.0 Å². The molecular weight excluding hydrogens is 501 g/mol. The Morgan fingerprint density at radius 3 is 2.66 bits per heavy atom. The van der Waals surface area contributed by atoms with E-state index in [-0.39, 0.29) is 29.0 Å². The van der Waals surface area contributed by atoms with Crippen molar-refractivity contribution in [3.8, 4) is 5.69 Å². The SMILES string of the molecule is Cc1cc2c(cnn2-c2ccc(F)cc2)cc1C12CN(Sc3cnn(C)n3)CC1C2C(=O)NC1CCCC1. The monoisotopic (exact) mass is 531 g/mol. The minimum atomic E-state index is -0.269. The average molecular weight is 532 g/mol. The molecule has 1 saturated heterocycles. The third-order valence-corrected chi connectivity index (χ3v) is 9.53. The van der Waals surface area contributed by atoms with Crippen molar-refractivity contribution in [1.29, 1.82) is 0 Å². The first-order chi connectivity index (χ1) is 18.4. The molecule has 0 spiro atoms. The minimum absolute atomic E-state index is 0.0369. The topological polar surface area (TPSA) is 80.9 Å². The van der Waals surface area contributed by atoms with Gasteiger partial charge in [0.15, 0.2) is 5.03 Å². The van der Waals surface area contributed by atoms with E-state index in [1.807, 2.05) is 17.9 Å². The van der Waals surface area contributed by atoms with Crippen LogP contribution < -0.4 is 5.32 Å². The van der Waals surface area contributed by atoms with Gasteiger partial charge in [-0.1, -0.05) is 12.8 Å². The van der Waals surface area contributed by atoms with Crippen LogP contribution >= 0.6 is 11.9 Å². The van der Waals surface area contributed by atoms with E-state index >= 15 is 0 Å². The van der Waals surface area contributed by atoms with Gasteiger partial charge in [-0.05, 0) is 85.2 Å². The fourth-order valence-electron chi connectivity index (χ4n) is 6.85. The predicted molar refractivity (Wildman–Crippen MR) is 143 cm³/mol. The maximum absolute atomic E-state index is 13.6. The number of halogens is 1. The van der Waals surface area contributed by atoms with E-state index in [1.54, 1.807) is 35.1 Å². The summed E-state index contributed by atoms with van der Waals surface area (Å²) in [4.78, 5) is 15.2. The molecule has 1 N–H and O–H groups in total. The summed E-state index contributed by atoms with van der Waals surface area (Å²) in [5, 5.41) is 18.5. The van der Waals surface area contributed by atoms with Gasteiger partial charge >= 0.3 is 0 Å². The third-order valence-electron chi connectivity index (χ3n) is 8.62. The van der Waals surface area contributed by atoms with E-state index in [4.69, 9.17) is 0 Å². The summed E-state index contributed by atoms with van der Waals surface area (Å²) in [6, 6.07) is 11.1. The molecule has 0 bridgehead atoms. The quantitative estimate of drug-likeness (QED) is 0.376. The van der Waals surface area contributed by atoms with Crippen molar-refractivity contribution in [3.05, 3.63) is 65.7 Å². The number of benzene rings is 2. The van der Waals surface area contributed by atoms with E-state index < -0.39 is 0 Å². The van der Waals surface area contributed by atoms with Crippen LogP contribution in [0.3, 0.4) is 0 Å². The Hall–Kier alpha value is -3.24. The first-order valence-corrected chi connectivity index (χ1v) is 14.0. The van der Waals surface area contributed by atoms with Gasteiger partial charge in [0.2, 0.25) is 5.91 Å². The third kappa shape index (κ3) is 3.84. The largest absolute Gasteiger partial charge is 0.353 e. The number of aryl methyl sites for hydroxylation is 2. The second-order valence-corrected chi connectivity index (χ2v) is 12.1. The molecule has 0 radical (unpaired) electrons. The van der Waals surface area contributed by atoms with Crippen LogP contribution in [0, 0.1) is 24.6 Å². The van der Waals surface area contributed by atoms with Crippen molar-refractivity contribution in [3.63, 3.8) is 0 Å². The van der Waals surface area contributed by atoms with Crippen LogP contribution in [0.5, 0.6) is 0 Å². The molecule has 1 amide bonds. The number of fused-ring (bicyclic) bond motifs is 2. The van der Waals surface area contributed by atoms with Crippen LogP contribution in [-0.2, 0) is 17.3 Å². The Labute approximate surface area is 224 Å². The zero-order valence-corrected chi connectivity index (χ0v) is 22.3. The number of hydrogen-bond acceptors (Lipinski definition) is 6. The fourth-order valence-corrected chi connectivity index (χ4v) is 7.87. The molecule has 7 rings (SSSR count). The van der Waals surface area contributed by atoms with Crippen LogP contribution in [0.2, 0.25) is 0 Å². The summed E-state index contributed by atoms with van der Waals surface area (Å²) in [6.45, 7) is 3.74. The Morgan fingerprint density at radius 2 is 1.92 bits per heavy atom. The molecule has 8 nitrogen and oxygen atoms in total. The summed E-state index contributed by atoms with van der Waals surface area (Å²) in [7, 11) is 1.82. The molecule has 2 aromatic heterocycles. The molecule has 38 heavy (non-hydrogen) atoms. The lowest BCUT2D eigenvalue weighted by molar-refractivity contribution is -0.123. The van der Waals surface area contributed by atoms with Crippen LogP contribution in [0.25, 0.3) is 16.6 Å². The Balaban J connectivity index is 1.23. The van der Waals surface area contributed by atoms with Gasteiger partial charge in [-0.3, -0.25) is 4.79 Å². The summed E-state index contributed by atoms with van der Waals surface area (Å²) in [6.07, 6.45) is 8.20. The summed E-state index contributed by atoms with van der Waals surface area (Å²) < 4.78 is 17.7. The molecule has 2 aliphatic carbocycles. The molecule has 2 saturated carbocycles. The fraction of sp³-hybridized carbons (Fsp3) is 0.429. The molecule has 4 aromatic rings. The van der Waals surface area contributed by atoms with Crippen molar-refractivity contribution < 1.29 is 9.18 Å². The highest BCUT2D eigenvalue weighted by Gasteiger charge is 2.73. The number of carbonyl (C=O) groups excluding carboxylic acids is 1. The highest BCUT2D eigenvalue weighted by molar-refractivity contribution is 7.97. The molecule has 196 valence electrons. The highest BCUT2D eigenvalue weighted by atomic mass is 32.2. The van der Waals surface area contributed by atoms with Crippen molar-refractivity contribution >= 4 is 28.8 Å². The van der Waals surface area contributed by atoms with Crippen LogP contribution in [0.15, 0.2) is 53.8 Å². The number of amides is 1. The maximum Gasteiger partial charge on any atom is 0.224 e. The zero-order chi connectivity index (χ0) is 26.0. The normalized spacial score (nSPS) is 25.2. The highest BCUT2D eigenvalue weighted by Crippen LogP contribution is 2.66. The smallest absolute Gasteiger partial charge is 0.224 e. The van der Waals surface area contributed by atoms with Gasteiger partial charge in [0.1, 0.15) is 5.82 Å². The van der Waals surface area contributed by atoms with E-state index in [0.717, 1.165) is 53.1 Å². The molecule has 10 heteroatoms. The minimum Gasteiger partial charge on any atom is -0.353 e. The molecule has 3 fully saturated rings. The maximum atomic E-state index is 13.6. The first-order valence-electron chi connectivity index (χ1n) is 13.3. The standard InChI is InChI=1S/C28H30FN7OS/c1-17-11-24-18(13-31-36(24)21-9-7-19(29)8-10-21)12-22(17)28-16-35(38-25-14-30-34(2)33-25)15-23(28)26(28)27(37)32-20-5-3-4-6-20/h7-14,20,23,26H,3-6,15-16H2,1-2H3,(H,32,37). The van der Waals surface area contributed by atoms with E-state index in [9.17, 15) is 9.18 Å². The number of piperidine rings is 1. The number of carbonyl (C=O) groups is 1. The number of aromatic nitrogens is 5. The molecular formula is C28H30FN7OS. The lowest BCUT2D eigenvalue weighted by Crippen LogP contribution is -2.38. The zero-order valence-electron chi connectivity index (χ0n) is 21.5. The molecule has 3 heterocycles. The Bertz CT molecular complexity index is 1530. The van der Waals surface area contributed by atoms with Crippen LogP contribution in [0.4, 0.5) is 4.39 Å². The number of hydrogen-bond donors (Lipinski definition) is 1. The van der Waals surface area contributed by atoms with Gasteiger partial charge in [-0.15, -0.1) is 5.10 Å². The molecule has 3 unspecified atom stereocenters. The van der Waals surface area contributed by atoms with Crippen molar-refractivity contribution in [2.45, 2.75) is 49.1 Å². The second kappa shape index (κ2) is 8.91. The van der Waals surface area contributed by atoms with Gasteiger partial charge in [-0.25, -0.2) is 13.4 Å². The Morgan fingerprint density at radius 1 is 1.13 bits per heavy atom. The number of nitrogens with zero attached hydrogens (tertiary/aromatic N) is 6. The molecule has 1 aliphatic heterocycles. The molecule has 2 aromatic carbocycles. The first kappa shape index (κ1) is 23.8. The van der Waals surface area contributed by atoms with Gasteiger partial charge in [0.05, 0.1) is 29.5 Å². The molecule has 3 atom stereocenters. The summed E-state index contributed by atoms with van der Waals surface area (Å²) in [5.74, 6) is 0.142. The number of rotatable bonds is 6. The van der Waals surface area contributed by atoms with Gasteiger partial charge in [0.25, 0.3) is 0 Å². The number of nitrogens with one attached hydrogen (secondary N) is 1. The van der Waals surface area contributed by atoms with E-state index in [2.05, 4.69) is 44.0 Å². The van der Waals surface area contributed by atoms with E-state index in [1.165, 1.54) is 30.5 Å². The lowest BCUT2D eigenvalue weighted by atomic mass is 9.88. The van der Waals surface area contributed by atoms with Crippen LogP contribution in [0.1, 0.15) is 36.8 Å². The molecule has 3 aliphatic rings. The average Bonchev–Trinajstić information content (AvgIpc) is 3.49. The van der Waals surface area contributed by atoms with Crippen molar-refractivity contribution in [2.24, 2.45) is 18.9 Å². The van der Waals surface area contributed by atoms with E-state index in [0.29, 0.717) is 6.04 Å². The Kier molecular flexibility index (Phi) is 5.59. The summed E-state index contributed by atoms with van der Waals surface area (Å²) in [5.41, 5.74) is 3.92.